The fourth-order valence-corrected chi connectivity index (χ4v) is 10.0. The zero-order chi connectivity index (χ0) is 25.7. The molecule has 0 N–H and O–H groups in total. The summed E-state index contributed by atoms with van der Waals surface area (Å²) in [5.41, 5.74) is -0.320. The van der Waals surface area contributed by atoms with Crippen molar-refractivity contribution in [3.8, 4) is 5.75 Å². The molecule has 2 heterocycles. The molecular formula is C25H25ClF2O6S2. The normalized spacial score (nSPS) is 25.8. The molecule has 1 aliphatic carbocycles. The van der Waals surface area contributed by atoms with E-state index in [-0.39, 0.29) is 53.8 Å². The minimum Gasteiger partial charge on any atom is -0.497 e. The molecule has 0 spiro atoms. The van der Waals surface area contributed by atoms with E-state index in [9.17, 15) is 21.2 Å². The fourth-order valence-electron chi connectivity index (χ4n) is 5.79. The van der Waals surface area contributed by atoms with Crippen molar-refractivity contribution >= 4 is 31.3 Å². The SMILES string of the molecule is O=S(=O)(CC1=CCCO1)C[C@@H]1CC[C@@]2(S(=O)(=O)c3ccc(Cl)cc3)c3c(F)ccc(F)c3OC[C@H]2C1. The second-order valence-corrected chi connectivity index (χ2v) is 14.3. The molecule has 3 aliphatic rings. The van der Waals surface area contributed by atoms with E-state index < -0.39 is 47.7 Å². The number of hydrogen-bond donors (Lipinski definition) is 0. The van der Waals surface area contributed by atoms with Gasteiger partial charge in [0.05, 0.1) is 29.4 Å². The molecule has 0 bridgehead atoms. The first-order chi connectivity index (χ1) is 17.0. The molecule has 3 atom stereocenters. The van der Waals surface area contributed by atoms with Gasteiger partial charge in [0, 0.05) is 17.4 Å². The Kier molecular flexibility index (Phi) is 6.58. The molecule has 0 radical (unpaired) electrons. The molecule has 6 nitrogen and oxygen atoms in total. The Morgan fingerprint density at radius 1 is 1.00 bits per heavy atom. The molecule has 0 unspecified atom stereocenters. The van der Waals surface area contributed by atoms with E-state index in [2.05, 4.69) is 0 Å². The second kappa shape index (κ2) is 9.29. The highest BCUT2D eigenvalue weighted by molar-refractivity contribution is 7.92. The molecule has 2 aromatic carbocycles. The summed E-state index contributed by atoms with van der Waals surface area (Å²) in [5, 5.41) is 0.336. The Morgan fingerprint density at radius 2 is 1.72 bits per heavy atom. The molecule has 2 aromatic rings. The summed E-state index contributed by atoms with van der Waals surface area (Å²) >= 11 is 5.96. The van der Waals surface area contributed by atoms with Crippen molar-refractivity contribution in [1.82, 2.24) is 0 Å². The first-order valence-electron chi connectivity index (χ1n) is 11.7. The van der Waals surface area contributed by atoms with Crippen molar-refractivity contribution in [2.45, 2.75) is 35.3 Å². The van der Waals surface area contributed by atoms with Crippen molar-refractivity contribution in [3.05, 3.63) is 70.5 Å². The Hall–Kier alpha value is -2.17. The van der Waals surface area contributed by atoms with E-state index in [0.29, 0.717) is 23.8 Å². The van der Waals surface area contributed by atoms with Crippen LogP contribution >= 0.6 is 11.6 Å². The van der Waals surface area contributed by atoms with Crippen LogP contribution in [0.3, 0.4) is 0 Å². The third-order valence-corrected chi connectivity index (χ3v) is 11.9. The molecule has 36 heavy (non-hydrogen) atoms. The second-order valence-electron chi connectivity index (χ2n) is 9.59. The van der Waals surface area contributed by atoms with Gasteiger partial charge in [-0.1, -0.05) is 11.6 Å². The van der Waals surface area contributed by atoms with Crippen LogP contribution in [-0.2, 0) is 29.2 Å². The van der Waals surface area contributed by atoms with Crippen LogP contribution in [-0.4, -0.2) is 41.6 Å². The van der Waals surface area contributed by atoms with Gasteiger partial charge in [-0.15, -0.1) is 0 Å². The third-order valence-electron chi connectivity index (χ3n) is 7.34. The molecule has 1 saturated carbocycles. The summed E-state index contributed by atoms with van der Waals surface area (Å²) in [7, 11) is -7.79. The Labute approximate surface area is 214 Å². The van der Waals surface area contributed by atoms with Crippen LogP contribution in [0, 0.1) is 23.5 Å². The predicted octanol–water partition coefficient (Wildman–Crippen LogP) is 4.82. The maximum atomic E-state index is 15.3. The van der Waals surface area contributed by atoms with Gasteiger partial charge in [-0.25, -0.2) is 25.6 Å². The summed E-state index contributed by atoms with van der Waals surface area (Å²) in [6.45, 7) is 0.283. The van der Waals surface area contributed by atoms with E-state index in [1.54, 1.807) is 6.08 Å². The van der Waals surface area contributed by atoms with Crippen LogP contribution in [0.25, 0.3) is 0 Å². The van der Waals surface area contributed by atoms with Crippen molar-refractivity contribution in [2.24, 2.45) is 11.8 Å². The standard InChI is InChI=1S/C25H25ClF2O6S2/c26-18-3-5-20(6-4-18)36(31,32)25-10-9-16(14-35(29,30)15-19-2-1-11-33-19)12-17(25)13-34-24-22(28)8-7-21(27)23(24)25/h2-8,16-17H,1,9-15H2/t16-,17-,25+/m1/s1. The lowest BCUT2D eigenvalue weighted by molar-refractivity contribution is 0.103. The van der Waals surface area contributed by atoms with Crippen LogP contribution < -0.4 is 4.74 Å². The van der Waals surface area contributed by atoms with Gasteiger partial charge in [-0.3, -0.25) is 0 Å². The van der Waals surface area contributed by atoms with Gasteiger partial charge < -0.3 is 9.47 Å². The van der Waals surface area contributed by atoms with Gasteiger partial charge in [0.15, 0.2) is 31.2 Å². The lowest BCUT2D eigenvalue weighted by Crippen LogP contribution is -2.52. The number of halogens is 3. The summed E-state index contributed by atoms with van der Waals surface area (Å²) in [6, 6.07) is 7.38. The maximum absolute atomic E-state index is 15.3. The quantitative estimate of drug-likeness (QED) is 0.505. The summed E-state index contributed by atoms with van der Waals surface area (Å²) < 4.78 is 93.2. The zero-order valence-electron chi connectivity index (χ0n) is 19.3. The molecule has 0 aromatic heterocycles. The number of hydrogen-bond acceptors (Lipinski definition) is 6. The van der Waals surface area contributed by atoms with Crippen LogP contribution in [0.1, 0.15) is 31.2 Å². The van der Waals surface area contributed by atoms with Crippen LogP contribution in [0.15, 0.2) is 53.1 Å². The minimum absolute atomic E-state index is 0.0650. The van der Waals surface area contributed by atoms with Gasteiger partial charge in [0.1, 0.15) is 22.1 Å². The smallest absolute Gasteiger partial charge is 0.188 e. The number of sulfone groups is 2. The average Bonchev–Trinajstić information content (AvgIpc) is 3.33. The van der Waals surface area contributed by atoms with Crippen molar-refractivity contribution in [2.75, 3.05) is 24.7 Å². The highest BCUT2D eigenvalue weighted by atomic mass is 35.5. The fraction of sp³-hybridized carbons (Fsp3) is 0.440. The first kappa shape index (κ1) is 25.5. The monoisotopic (exact) mass is 558 g/mol. The Bertz CT molecular complexity index is 1420. The Balaban J connectivity index is 1.54. The van der Waals surface area contributed by atoms with Crippen LogP contribution in [0.5, 0.6) is 5.75 Å². The maximum Gasteiger partial charge on any atom is 0.188 e. The largest absolute Gasteiger partial charge is 0.497 e. The van der Waals surface area contributed by atoms with E-state index in [1.807, 2.05) is 0 Å². The summed E-state index contributed by atoms with van der Waals surface area (Å²) in [4.78, 5) is -0.0650. The number of fused-ring (bicyclic) bond motifs is 3. The highest BCUT2D eigenvalue weighted by Gasteiger charge is 2.59. The zero-order valence-corrected chi connectivity index (χ0v) is 21.6. The highest BCUT2D eigenvalue weighted by Crippen LogP contribution is 2.57. The van der Waals surface area contributed by atoms with E-state index in [4.69, 9.17) is 21.1 Å². The third kappa shape index (κ3) is 4.31. The van der Waals surface area contributed by atoms with Gasteiger partial charge >= 0.3 is 0 Å². The Morgan fingerprint density at radius 3 is 2.42 bits per heavy atom. The summed E-state index contributed by atoms with van der Waals surface area (Å²) in [5.74, 6) is -3.19. The molecule has 1 fully saturated rings. The van der Waals surface area contributed by atoms with Gasteiger partial charge in [0.25, 0.3) is 0 Å². The molecule has 5 rings (SSSR count). The van der Waals surface area contributed by atoms with E-state index >= 15 is 4.39 Å². The lowest BCUT2D eigenvalue weighted by Gasteiger charge is -2.49. The number of rotatable bonds is 6. The van der Waals surface area contributed by atoms with Gasteiger partial charge in [-0.05, 0) is 67.7 Å². The van der Waals surface area contributed by atoms with E-state index in [1.165, 1.54) is 24.3 Å². The van der Waals surface area contributed by atoms with Crippen molar-refractivity contribution in [3.63, 3.8) is 0 Å². The molecule has 0 amide bonds. The predicted molar refractivity (Wildman–Crippen MR) is 130 cm³/mol. The van der Waals surface area contributed by atoms with Crippen LogP contribution in [0.4, 0.5) is 8.78 Å². The minimum atomic E-state index is -4.26. The molecular weight excluding hydrogens is 534 g/mol. The van der Waals surface area contributed by atoms with Crippen molar-refractivity contribution < 1.29 is 35.1 Å². The molecule has 2 aliphatic heterocycles. The molecule has 11 heteroatoms. The first-order valence-corrected chi connectivity index (χ1v) is 15.4. The molecule has 194 valence electrons. The van der Waals surface area contributed by atoms with Gasteiger partial charge in [0.2, 0.25) is 0 Å². The van der Waals surface area contributed by atoms with E-state index in [0.717, 1.165) is 12.1 Å². The average molecular weight is 559 g/mol. The van der Waals surface area contributed by atoms with Crippen molar-refractivity contribution in [1.29, 1.82) is 0 Å². The topological polar surface area (TPSA) is 86.7 Å². The van der Waals surface area contributed by atoms with Gasteiger partial charge in [-0.2, -0.15) is 0 Å². The molecule has 0 saturated heterocycles. The number of benzene rings is 2. The van der Waals surface area contributed by atoms with Crippen LogP contribution in [0.2, 0.25) is 5.02 Å². The number of ether oxygens (including phenoxy) is 2. The summed E-state index contributed by atoms with van der Waals surface area (Å²) in [6.07, 6.45) is 2.73. The lowest BCUT2D eigenvalue weighted by atomic mass is 9.69.